The standard InChI is InChI=1S/C16H32N2O/c19-15-7-2-1-4-10-17-13-8-16(9-14-17)18-11-5-3-6-12-18/h16,19H,1-15H2. The lowest BCUT2D eigenvalue weighted by Gasteiger charge is -2.40. The molecule has 1 N–H and O–H groups in total. The summed E-state index contributed by atoms with van der Waals surface area (Å²) in [7, 11) is 0. The van der Waals surface area contributed by atoms with Crippen molar-refractivity contribution in [1.82, 2.24) is 9.80 Å². The highest BCUT2D eigenvalue weighted by molar-refractivity contribution is 4.81. The van der Waals surface area contributed by atoms with E-state index in [4.69, 9.17) is 5.11 Å². The Balaban J connectivity index is 1.54. The van der Waals surface area contributed by atoms with E-state index in [1.54, 1.807) is 0 Å². The number of hydrogen-bond donors (Lipinski definition) is 1. The summed E-state index contributed by atoms with van der Waals surface area (Å²) in [5, 5.41) is 8.75. The molecule has 0 aromatic rings. The molecule has 0 saturated carbocycles. The first kappa shape index (κ1) is 15.3. The summed E-state index contributed by atoms with van der Waals surface area (Å²) < 4.78 is 0. The molecular weight excluding hydrogens is 236 g/mol. The number of hydrogen-bond acceptors (Lipinski definition) is 3. The molecule has 0 atom stereocenters. The zero-order valence-electron chi connectivity index (χ0n) is 12.5. The fourth-order valence-corrected chi connectivity index (χ4v) is 3.59. The van der Waals surface area contributed by atoms with Crippen molar-refractivity contribution in [3.63, 3.8) is 0 Å². The molecule has 0 radical (unpaired) electrons. The van der Waals surface area contributed by atoms with Crippen molar-refractivity contribution < 1.29 is 5.11 Å². The van der Waals surface area contributed by atoms with Crippen LogP contribution >= 0.6 is 0 Å². The molecule has 2 aliphatic rings. The third-order valence-corrected chi connectivity index (χ3v) is 4.85. The van der Waals surface area contributed by atoms with E-state index in [0.717, 1.165) is 12.5 Å². The van der Waals surface area contributed by atoms with Gasteiger partial charge in [0, 0.05) is 12.6 Å². The molecule has 0 amide bonds. The van der Waals surface area contributed by atoms with E-state index in [1.165, 1.54) is 84.1 Å². The van der Waals surface area contributed by atoms with Gasteiger partial charge in [-0.15, -0.1) is 0 Å². The van der Waals surface area contributed by atoms with Crippen LogP contribution in [0.3, 0.4) is 0 Å². The summed E-state index contributed by atoms with van der Waals surface area (Å²) in [5.41, 5.74) is 0. The quantitative estimate of drug-likeness (QED) is 0.719. The summed E-state index contributed by atoms with van der Waals surface area (Å²) in [6, 6.07) is 0.880. The van der Waals surface area contributed by atoms with E-state index in [-0.39, 0.29) is 0 Å². The molecule has 0 bridgehead atoms. The molecule has 2 fully saturated rings. The molecule has 0 aromatic heterocycles. The molecule has 112 valence electrons. The van der Waals surface area contributed by atoms with Crippen molar-refractivity contribution in [3.8, 4) is 0 Å². The Labute approximate surface area is 119 Å². The van der Waals surface area contributed by atoms with Gasteiger partial charge in [0.2, 0.25) is 0 Å². The molecule has 0 unspecified atom stereocenters. The number of aliphatic hydroxyl groups excluding tert-OH is 1. The summed E-state index contributed by atoms with van der Waals surface area (Å²) in [5.74, 6) is 0. The zero-order valence-corrected chi connectivity index (χ0v) is 12.5. The van der Waals surface area contributed by atoms with Crippen molar-refractivity contribution in [2.45, 2.75) is 63.8 Å². The lowest BCUT2D eigenvalue weighted by atomic mass is 9.99. The van der Waals surface area contributed by atoms with Crippen LogP contribution in [-0.2, 0) is 0 Å². The van der Waals surface area contributed by atoms with Crippen LogP contribution in [0, 0.1) is 0 Å². The van der Waals surface area contributed by atoms with E-state index in [1.807, 2.05) is 0 Å². The zero-order chi connectivity index (χ0) is 13.3. The van der Waals surface area contributed by atoms with Gasteiger partial charge in [-0.25, -0.2) is 0 Å². The Morgan fingerprint density at radius 1 is 0.789 bits per heavy atom. The number of aliphatic hydroxyl groups is 1. The van der Waals surface area contributed by atoms with Crippen LogP contribution in [0.25, 0.3) is 0 Å². The monoisotopic (exact) mass is 268 g/mol. The van der Waals surface area contributed by atoms with E-state index in [2.05, 4.69) is 9.80 Å². The van der Waals surface area contributed by atoms with Crippen molar-refractivity contribution in [2.75, 3.05) is 39.3 Å². The molecule has 3 nitrogen and oxygen atoms in total. The summed E-state index contributed by atoms with van der Waals surface area (Å²) in [4.78, 5) is 5.40. The van der Waals surface area contributed by atoms with E-state index in [0.29, 0.717) is 6.61 Å². The molecule has 0 aromatic carbocycles. The van der Waals surface area contributed by atoms with Crippen LogP contribution in [-0.4, -0.2) is 60.3 Å². The molecule has 19 heavy (non-hydrogen) atoms. The minimum atomic E-state index is 0.362. The minimum Gasteiger partial charge on any atom is -0.396 e. The van der Waals surface area contributed by atoms with Crippen LogP contribution in [0.2, 0.25) is 0 Å². The molecule has 2 heterocycles. The second kappa shape index (κ2) is 8.93. The predicted octanol–water partition coefficient (Wildman–Crippen LogP) is 2.49. The second-order valence-corrected chi connectivity index (χ2v) is 6.31. The topological polar surface area (TPSA) is 26.7 Å². The van der Waals surface area contributed by atoms with Crippen LogP contribution in [0.4, 0.5) is 0 Å². The first-order chi connectivity index (χ1) is 9.40. The maximum Gasteiger partial charge on any atom is 0.0431 e. The van der Waals surface area contributed by atoms with Crippen molar-refractivity contribution in [2.24, 2.45) is 0 Å². The smallest absolute Gasteiger partial charge is 0.0431 e. The van der Waals surface area contributed by atoms with Gasteiger partial charge in [0.15, 0.2) is 0 Å². The first-order valence-corrected chi connectivity index (χ1v) is 8.47. The van der Waals surface area contributed by atoms with Crippen molar-refractivity contribution in [1.29, 1.82) is 0 Å². The number of unbranched alkanes of at least 4 members (excludes halogenated alkanes) is 3. The van der Waals surface area contributed by atoms with E-state index < -0.39 is 0 Å². The van der Waals surface area contributed by atoms with Crippen LogP contribution in [0.5, 0.6) is 0 Å². The summed E-state index contributed by atoms with van der Waals surface area (Å²) in [6.07, 6.45) is 11.8. The fraction of sp³-hybridized carbons (Fsp3) is 1.00. The van der Waals surface area contributed by atoms with Crippen LogP contribution < -0.4 is 0 Å². The molecular formula is C16H32N2O. The molecule has 3 heteroatoms. The van der Waals surface area contributed by atoms with Gasteiger partial charge in [0.05, 0.1) is 0 Å². The number of nitrogens with zero attached hydrogens (tertiary/aromatic N) is 2. The third kappa shape index (κ3) is 5.41. The molecule has 2 rings (SSSR count). The lowest BCUT2D eigenvalue weighted by molar-refractivity contribution is 0.0917. The lowest BCUT2D eigenvalue weighted by Crippen LogP contribution is -2.46. The Morgan fingerprint density at radius 2 is 1.47 bits per heavy atom. The van der Waals surface area contributed by atoms with Crippen LogP contribution in [0.1, 0.15) is 57.8 Å². The van der Waals surface area contributed by atoms with Gasteiger partial charge in [-0.3, -0.25) is 0 Å². The number of piperidine rings is 2. The van der Waals surface area contributed by atoms with Crippen molar-refractivity contribution >= 4 is 0 Å². The molecule has 0 aliphatic carbocycles. The van der Waals surface area contributed by atoms with Crippen molar-refractivity contribution in [3.05, 3.63) is 0 Å². The van der Waals surface area contributed by atoms with Crippen LogP contribution in [0.15, 0.2) is 0 Å². The van der Waals surface area contributed by atoms with E-state index >= 15 is 0 Å². The van der Waals surface area contributed by atoms with Gasteiger partial charge in [-0.1, -0.05) is 19.3 Å². The molecule has 2 saturated heterocycles. The third-order valence-electron chi connectivity index (χ3n) is 4.85. The van der Waals surface area contributed by atoms with Gasteiger partial charge >= 0.3 is 0 Å². The maximum atomic E-state index is 8.75. The SMILES string of the molecule is OCCCCCCN1CCC(N2CCCCC2)CC1. The maximum absolute atomic E-state index is 8.75. The van der Waals surface area contributed by atoms with Gasteiger partial charge in [-0.2, -0.15) is 0 Å². The summed E-state index contributed by atoms with van der Waals surface area (Å²) in [6.45, 7) is 6.96. The molecule has 2 aliphatic heterocycles. The average molecular weight is 268 g/mol. The minimum absolute atomic E-state index is 0.362. The second-order valence-electron chi connectivity index (χ2n) is 6.31. The van der Waals surface area contributed by atoms with Gasteiger partial charge in [-0.05, 0) is 71.2 Å². The first-order valence-electron chi connectivity index (χ1n) is 8.47. The highest BCUT2D eigenvalue weighted by atomic mass is 16.2. The average Bonchev–Trinajstić information content (AvgIpc) is 2.49. The molecule has 0 spiro atoms. The fourth-order valence-electron chi connectivity index (χ4n) is 3.59. The summed E-state index contributed by atoms with van der Waals surface area (Å²) >= 11 is 0. The largest absolute Gasteiger partial charge is 0.396 e. The van der Waals surface area contributed by atoms with Gasteiger partial charge < -0.3 is 14.9 Å². The predicted molar refractivity (Wildman–Crippen MR) is 80.4 cm³/mol. The van der Waals surface area contributed by atoms with Gasteiger partial charge in [0.1, 0.15) is 0 Å². The highest BCUT2D eigenvalue weighted by Gasteiger charge is 2.24. The Hall–Kier alpha value is -0.120. The Bertz CT molecular complexity index is 221. The highest BCUT2D eigenvalue weighted by Crippen LogP contribution is 2.21. The Kier molecular flexibility index (Phi) is 7.18. The normalized spacial score (nSPS) is 23.8. The number of likely N-dealkylation sites (tertiary alicyclic amines) is 2. The number of rotatable bonds is 7. The van der Waals surface area contributed by atoms with E-state index in [9.17, 15) is 0 Å². The van der Waals surface area contributed by atoms with Gasteiger partial charge in [0.25, 0.3) is 0 Å². The Morgan fingerprint density at radius 3 is 2.16 bits per heavy atom.